The zero-order valence-electron chi connectivity index (χ0n) is 7.21. The fourth-order valence-corrected chi connectivity index (χ4v) is 2.22. The van der Waals surface area contributed by atoms with Gasteiger partial charge in [0.25, 0.3) is 5.78 Å². The Bertz CT molecular complexity index is 243. The molecule has 4 nitrogen and oxygen atoms in total. The SMILES string of the molecule is O.O=C1C(=O)C2CCCCC2C1=O. The molecule has 0 aliphatic heterocycles. The van der Waals surface area contributed by atoms with Crippen LogP contribution in [-0.4, -0.2) is 22.8 Å². The van der Waals surface area contributed by atoms with Crippen molar-refractivity contribution in [3.05, 3.63) is 0 Å². The van der Waals surface area contributed by atoms with Crippen molar-refractivity contribution in [1.82, 2.24) is 0 Å². The molecule has 0 heterocycles. The quantitative estimate of drug-likeness (QED) is 0.484. The number of carbonyl (C=O) groups excluding carboxylic acids is 3. The largest absolute Gasteiger partial charge is 0.412 e. The Kier molecular flexibility index (Phi) is 2.61. The van der Waals surface area contributed by atoms with Crippen molar-refractivity contribution in [2.45, 2.75) is 25.7 Å². The van der Waals surface area contributed by atoms with Crippen molar-refractivity contribution in [2.24, 2.45) is 11.8 Å². The van der Waals surface area contributed by atoms with Crippen LogP contribution >= 0.6 is 0 Å². The Morgan fingerprint density at radius 3 is 1.62 bits per heavy atom. The smallest absolute Gasteiger partial charge is 0.264 e. The van der Waals surface area contributed by atoms with E-state index in [-0.39, 0.29) is 17.3 Å². The summed E-state index contributed by atoms with van der Waals surface area (Å²) in [6.45, 7) is 0. The molecule has 2 rings (SSSR count). The summed E-state index contributed by atoms with van der Waals surface area (Å²) < 4.78 is 0. The first-order valence-electron chi connectivity index (χ1n) is 4.34. The first-order chi connectivity index (χ1) is 5.72. The van der Waals surface area contributed by atoms with Crippen LogP contribution in [-0.2, 0) is 14.4 Å². The molecule has 0 aromatic rings. The molecular weight excluding hydrogens is 172 g/mol. The third-order valence-electron chi connectivity index (χ3n) is 2.89. The second kappa shape index (κ2) is 3.38. The molecule has 0 aromatic carbocycles. The van der Waals surface area contributed by atoms with Crippen LogP contribution in [0.5, 0.6) is 0 Å². The summed E-state index contributed by atoms with van der Waals surface area (Å²) >= 11 is 0. The lowest BCUT2D eigenvalue weighted by atomic mass is 9.81. The van der Waals surface area contributed by atoms with Crippen LogP contribution in [0.15, 0.2) is 0 Å². The predicted molar refractivity (Wildman–Crippen MR) is 44.1 cm³/mol. The van der Waals surface area contributed by atoms with Crippen LogP contribution in [0.25, 0.3) is 0 Å². The molecule has 2 aliphatic rings. The molecule has 0 aromatic heterocycles. The van der Waals surface area contributed by atoms with E-state index >= 15 is 0 Å². The van der Waals surface area contributed by atoms with E-state index in [9.17, 15) is 14.4 Å². The van der Waals surface area contributed by atoms with Gasteiger partial charge in [-0.25, -0.2) is 0 Å². The Balaban J connectivity index is 0.000000845. The van der Waals surface area contributed by atoms with Gasteiger partial charge in [-0.3, -0.25) is 14.4 Å². The van der Waals surface area contributed by atoms with Gasteiger partial charge in [-0.1, -0.05) is 12.8 Å². The number of ketones is 3. The monoisotopic (exact) mass is 184 g/mol. The Labute approximate surface area is 75.6 Å². The maximum absolute atomic E-state index is 11.2. The third-order valence-corrected chi connectivity index (χ3v) is 2.89. The molecule has 0 saturated heterocycles. The van der Waals surface area contributed by atoms with Crippen LogP contribution in [0.2, 0.25) is 0 Å². The lowest BCUT2D eigenvalue weighted by Gasteiger charge is -2.20. The molecule has 2 saturated carbocycles. The summed E-state index contributed by atoms with van der Waals surface area (Å²) in [5.74, 6) is -2.10. The first kappa shape index (κ1) is 10.1. The highest BCUT2D eigenvalue weighted by Crippen LogP contribution is 2.36. The average Bonchev–Trinajstić information content (AvgIpc) is 2.33. The molecule has 0 radical (unpaired) electrons. The van der Waals surface area contributed by atoms with Gasteiger partial charge < -0.3 is 5.48 Å². The summed E-state index contributed by atoms with van der Waals surface area (Å²) in [6.07, 6.45) is 3.43. The minimum Gasteiger partial charge on any atom is -0.412 e. The second-order valence-corrected chi connectivity index (χ2v) is 3.56. The van der Waals surface area contributed by atoms with Gasteiger partial charge in [-0.15, -0.1) is 0 Å². The fourth-order valence-electron chi connectivity index (χ4n) is 2.22. The number of rotatable bonds is 0. The van der Waals surface area contributed by atoms with Gasteiger partial charge in [0.05, 0.1) is 0 Å². The highest BCUT2D eigenvalue weighted by molar-refractivity contribution is 6.68. The fraction of sp³-hybridized carbons (Fsp3) is 0.667. The van der Waals surface area contributed by atoms with Crippen molar-refractivity contribution < 1.29 is 19.9 Å². The molecule has 0 amide bonds. The van der Waals surface area contributed by atoms with E-state index in [0.29, 0.717) is 0 Å². The molecule has 72 valence electrons. The van der Waals surface area contributed by atoms with Crippen molar-refractivity contribution >= 4 is 17.3 Å². The minimum absolute atomic E-state index is 0. The molecule has 4 heteroatoms. The Morgan fingerprint density at radius 2 is 1.23 bits per heavy atom. The van der Waals surface area contributed by atoms with Crippen LogP contribution in [0.3, 0.4) is 0 Å². The van der Waals surface area contributed by atoms with Crippen LogP contribution in [0.4, 0.5) is 0 Å². The molecular formula is C9H12O4. The van der Waals surface area contributed by atoms with E-state index < -0.39 is 17.3 Å². The number of fused-ring (bicyclic) bond motifs is 1. The maximum Gasteiger partial charge on any atom is 0.264 e. The molecule has 2 aliphatic carbocycles. The topological polar surface area (TPSA) is 82.7 Å². The van der Waals surface area contributed by atoms with Gasteiger partial charge in [0.1, 0.15) is 0 Å². The summed E-state index contributed by atoms with van der Waals surface area (Å²) in [5.41, 5.74) is 0. The number of hydrogen-bond donors (Lipinski definition) is 0. The predicted octanol–water partition coefficient (Wildman–Crippen LogP) is -0.311. The molecule has 0 spiro atoms. The summed E-state index contributed by atoms with van der Waals surface area (Å²) in [7, 11) is 0. The lowest BCUT2D eigenvalue weighted by molar-refractivity contribution is -0.141. The highest BCUT2D eigenvalue weighted by atomic mass is 16.2. The Hall–Kier alpha value is -1.03. The molecule has 2 atom stereocenters. The van der Waals surface area contributed by atoms with E-state index in [2.05, 4.69) is 0 Å². The standard InChI is InChI=1S/C9H10O3.H2O/c10-7-5-3-1-2-4-6(5)8(11)9(7)12;/h5-6H,1-4H2;1H2. The molecule has 0 bridgehead atoms. The van der Waals surface area contributed by atoms with Crippen LogP contribution in [0, 0.1) is 11.8 Å². The minimum atomic E-state index is -0.744. The van der Waals surface area contributed by atoms with Crippen molar-refractivity contribution in [1.29, 1.82) is 0 Å². The van der Waals surface area contributed by atoms with Gasteiger partial charge >= 0.3 is 0 Å². The van der Waals surface area contributed by atoms with Gasteiger partial charge in [-0.05, 0) is 12.8 Å². The van der Waals surface area contributed by atoms with Crippen LogP contribution in [0.1, 0.15) is 25.7 Å². The van der Waals surface area contributed by atoms with Crippen molar-refractivity contribution in [2.75, 3.05) is 0 Å². The van der Waals surface area contributed by atoms with E-state index in [1.54, 1.807) is 0 Å². The van der Waals surface area contributed by atoms with Gasteiger partial charge in [0, 0.05) is 11.8 Å². The van der Waals surface area contributed by atoms with E-state index in [0.717, 1.165) is 25.7 Å². The first-order valence-corrected chi connectivity index (χ1v) is 4.34. The summed E-state index contributed by atoms with van der Waals surface area (Å²) in [6, 6.07) is 0. The van der Waals surface area contributed by atoms with Crippen LogP contribution < -0.4 is 0 Å². The molecule has 13 heavy (non-hydrogen) atoms. The van der Waals surface area contributed by atoms with E-state index in [1.807, 2.05) is 0 Å². The molecule has 2 unspecified atom stereocenters. The third kappa shape index (κ3) is 1.31. The Morgan fingerprint density at radius 1 is 0.846 bits per heavy atom. The van der Waals surface area contributed by atoms with Gasteiger partial charge in [-0.2, -0.15) is 0 Å². The average molecular weight is 184 g/mol. The van der Waals surface area contributed by atoms with Crippen molar-refractivity contribution in [3.63, 3.8) is 0 Å². The van der Waals surface area contributed by atoms with Crippen molar-refractivity contribution in [3.8, 4) is 0 Å². The maximum atomic E-state index is 11.2. The number of hydrogen-bond acceptors (Lipinski definition) is 3. The molecule has 2 N–H and O–H groups in total. The number of carbonyl (C=O) groups is 3. The number of Topliss-reactive ketones (excluding diaryl/α,β-unsaturated/α-hetero) is 3. The highest BCUT2D eigenvalue weighted by Gasteiger charge is 2.48. The van der Waals surface area contributed by atoms with Gasteiger partial charge in [0.2, 0.25) is 11.6 Å². The molecule has 2 fully saturated rings. The van der Waals surface area contributed by atoms with Gasteiger partial charge in [0.15, 0.2) is 0 Å². The zero-order chi connectivity index (χ0) is 8.72. The normalized spacial score (nSPS) is 32.8. The second-order valence-electron chi connectivity index (χ2n) is 3.56. The zero-order valence-corrected chi connectivity index (χ0v) is 7.21. The summed E-state index contributed by atoms with van der Waals surface area (Å²) in [5, 5.41) is 0. The summed E-state index contributed by atoms with van der Waals surface area (Å²) in [4.78, 5) is 33.3. The lowest BCUT2D eigenvalue weighted by Crippen LogP contribution is -2.21. The van der Waals surface area contributed by atoms with E-state index in [1.165, 1.54) is 0 Å². The van der Waals surface area contributed by atoms with E-state index in [4.69, 9.17) is 0 Å².